The predicted octanol–water partition coefficient (Wildman–Crippen LogP) is 3.34. The summed E-state index contributed by atoms with van der Waals surface area (Å²) in [5.41, 5.74) is 2.25. The SMILES string of the molecule is C=NC(=C/CC)/C(C)=C\CC. The van der Waals surface area contributed by atoms with Gasteiger partial charge in [0.05, 0.1) is 5.70 Å². The van der Waals surface area contributed by atoms with Crippen molar-refractivity contribution in [3.8, 4) is 0 Å². The molecule has 0 rings (SSSR count). The zero-order valence-electron chi connectivity index (χ0n) is 7.72. The minimum Gasteiger partial charge on any atom is -0.265 e. The highest BCUT2D eigenvalue weighted by Gasteiger charge is 1.92. The molecule has 0 aromatic heterocycles. The molecule has 0 N–H and O–H groups in total. The second kappa shape index (κ2) is 5.90. The maximum Gasteiger partial charge on any atom is 0.0608 e. The Hall–Kier alpha value is -0.850. The molecule has 0 aromatic carbocycles. The zero-order chi connectivity index (χ0) is 8.69. The topological polar surface area (TPSA) is 12.4 Å². The highest BCUT2D eigenvalue weighted by atomic mass is 14.7. The van der Waals surface area contributed by atoms with Crippen molar-refractivity contribution in [3.63, 3.8) is 0 Å². The molecule has 0 radical (unpaired) electrons. The van der Waals surface area contributed by atoms with Crippen LogP contribution in [-0.4, -0.2) is 6.72 Å². The molecule has 0 amide bonds. The highest BCUT2D eigenvalue weighted by molar-refractivity contribution is 5.37. The average Bonchev–Trinajstić information content (AvgIpc) is 2.00. The Kier molecular flexibility index (Phi) is 5.44. The van der Waals surface area contributed by atoms with Crippen LogP contribution in [0.1, 0.15) is 33.6 Å². The fourth-order valence-corrected chi connectivity index (χ4v) is 0.954. The van der Waals surface area contributed by atoms with Crippen LogP contribution in [0, 0.1) is 0 Å². The van der Waals surface area contributed by atoms with Crippen molar-refractivity contribution in [2.24, 2.45) is 4.99 Å². The molecule has 1 nitrogen and oxygen atoms in total. The smallest absolute Gasteiger partial charge is 0.0608 e. The molecule has 0 spiro atoms. The van der Waals surface area contributed by atoms with E-state index in [2.05, 4.69) is 44.6 Å². The van der Waals surface area contributed by atoms with Crippen LogP contribution >= 0.6 is 0 Å². The third-order valence-corrected chi connectivity index (χ3v) is 1.48. The van der Waals surface area contributed by atoms with Crippen LogP contribution in [0.5, 0.6) is 0 Å². The average molecular weight is 151 g/mol. The summed E-state index contributed by atoms with van der Waals surface area (Å²) in [6.07, 6.45) is 6.33. The minimum absolute atomic E-state index is 1.02. The molecular weight excluding hydrogens is 134 g/mol. The first-order chi connectivity index (χ1) is 5.26. The van der Waals surface area contributed by atoms with Gasteiger partial charge in [-0.3, -0.25) is 4.99 Å². The quantitative estimate of drug-likeness (QED) is 0.431. The second-order valence-electron chi connectivity index (χ2n) is 2.45. The maximum absolute atomic E-state index is 3.94. The van der Waals surface area contributed by atoms with Crippen LogP contribution < -0.4 is 0 Å². The summed E-state index contributed by atoms with van der Waals surface area (Å²) in [4.78, 5) is 3.94. The van der Waals surface area contributed by atoms with E-state index in [1.165, 1.54) is 5.57 Å². The lowest BCUT2D eigenvalue weighted by atomic mass is 10.1. The van der Waals surface area contributed by atoms with Gasteiger partial charge in [0.25, 0.3) is 0 Å². The molecule has 0 aromatic rings. The monoisotopic (exact) mass is 151 g/mol. The summed E-state index contributed by atoms with van der Waals surface area (Å²) >= 11 is 0. The number of nitrogens with zero attached hydrogens (tertiary/aromatic N) is 1. The Balaban J connectivity index is 4.37. The standard InChI is InChI=1S/C10H17N/c1-5-7-9(3)10(11-4)8-6-2/h7-8H,4-6H2,1-3H3/b9-7-,10-8+. The molecule has 11 heavy (non-hydrogen) atoms. The first-order valence-electron chi connectivity index (χ1n) is 4.10. The van der Waals surface area contributed by atoms with Gasteiger partial charge in [-0.2, -0.15) is 0 Å². The Morgan fingerprint density at radius 3 is 2.18 bits per heavy atom. The first kappa shape index (κ1) is 10.2. The van der Waals surface area contributed by atoms with E-state index in [1.54, 1.807) is 0 Å². The maximum atomic E-state index is 3.94. The van der Waals surface area contributed by atoms with Gasteiger partial charge < -0.3 is 0 Å². The number of rotatable bonds is 4. The molecule has 0 fully saturated rings. The van der Waals surface area contributed by atoms with Gasteiger partial charge in [0.15, 0.2) is 0 Å². The number of allylic oxidation sites excluding steroid dienone is 3. The predicted molar refractivity (Wildman–Crippen MR) is 52.0 cm³/mol. The highest BCUT2D eigenvalue weighted by Crippen LogP contribution is 2.11. The molecule has 0 bridgehead atoms. The van der Waals surface area contributed by atoms with E-state index in [4.69, 9.17) is 0 Å². The zero-order valence-corrected chi connectivity index (χ0v) is 7.72. The number of hydrogen-bond acceptors (Lipinski definition) is 1. The van der Waals surface area contributed by atoms with Gasteiger partial charge in [0.2, 0.25) is 0 Å². The summed E-state index contributed by atoms with van der Waals surface area (Å²) in [5, 5.41) is 0. The van der Waals surface area contributed by atoms with Gasteiger partial charge in [-0.25, -0.2) is 0 Å². The number of aliphatic imine (C=N–C) groups is 1. The normalized spacial score (nSPS) is 13.4. The van der Waals surface area contributed by atoms with Gasteiger partial charge in [0.1, 0.15) is 0 Å². The lowest BCUT2D eigenvalue weighted by molar-refractivity contribution is 1.13. The largest absolute Gasteiger partial charge is 0.265 e. The van der Waals surface area contributed by atoms with Crippen molar-refractivity contribution in [2.45, 2.75) is 33.6 Å². The van der Waals surface area contributed by atoms with E-state index in [0.29, 0.717) is 0 Å². The van der Waals surface area contributed by atoms with Gasteiger partial charge in [-0.05, 0) is 32.1 Å². The first-order valence-corrected chi connectivity index (χ1v) is 4.10. The van der Waals surface area contributed by atoms with Gasteiger partial charge in [-0.15, -0.1) is 0 Å². The molecule has 0 saturated carbocycles. The molecule has 0 saturated heterocycles. The molecule has 0 unspecified atom stereocenters. The fraction of sp³-hybridized carbons (Fsp3) is 0.500. The van der Waals surface area contributed by atoms with Gasteiger partial charge in [-0.1, -0.05) is 26.0 Å². The molecule has 0 aliphatic rings. The molecule has 0 heterocycles. The summed E-state index contributed by atoms with van der Waals surface area (Å²) in [6.45, 7) is 9.82. The molecule has 0 aliphatic heterocycles. The van der Waals surface area contributed by atoms with Crippen molar-refractivity contribution < 1.29 is 0 Å². The van der Waals surface area contributed by atoms with Crippen LogP contribution in [0.2, 0.25) is 0 Å². The van der Waals surface area contributed by atoms with Crippen molar-refractivity contribution in [1.29, 1.82) is 0 Å². The van der Waals surface area contributed by atoms with Crippen molar-refractivity contribution in [2.75, 3.05) is 0 Å². The molecule has 1 heteroatoms. The Labute approximate surface area is 69.5 Å². The fourth-order valence-electron chi connectivity index (χ4n) is 0.954. The molecule has 0 aliphatic carbocycles. The van der Waals surface area contributed by atoms with Crippen molar-refractivity contribution in [3.05, 3.63) is 23.4 Å². The van der Waals surface area contributed by atoms with E-state index in [9.17, 15) is 0 Å². The van der Waals surface area contributed by atoms with Crippen LogP contribution in [0.3, 0.4) is 0 Å². The summed E-state index contributed by atoms with van der Waals surface area (Å²) in [7, 11) is 0. The third kappa shape index (κ3) is 3.76. The van der Waals surface area contributed by atoms with E-state index >= 15 is 0 Å². The lowest BCUT2D eigenvalue weighted by Gasteiger charge is -1.99. The summed E-state index contributed by atoms with van der Waals surface area (Å²) in [5.74, 6) is 0. The van der Waals surface area contributed by atoms with E-state index < -0.39 is 0 Å². The summed E-state index contributed by atoms with van der Waals surface area (Å²) in [6, 6.07) is 0. The Morgan fingerprint density at radius 2 is 1.82 bits per heavy atom. The van der Waals surface area contributed by atoms with E-state index in [-0.39, 0.29) is 0 Å². The second-order valence-corrected chi connectivity index (χ2v) is 2.45. The molecule has 0 atom stereocenters. The third-order valence-electron chi connectivity index (χ3n) is 1.48. The van der Waals surface area contributed by atoms with Crippen LogP contribution in [-0.2, 0) is 0 Å². The lowest BCUT2D eigenvalue weighted by Crippen LogP contribution is -1.80. The van der Waals surface area contributed by atoms with Gasteiger partial charge in [0, 0.05) is 0 Å². The van der Waals surface area contributed by atoms with Crippen LogP contribution in [0.15, 0.2) is 28.4 Å². The van der Waals surface area contributed by atoms with E-state index in [0.717, 1.165) is 18.5 Å². The summed E-state index contributed by atoms with van der Waals surface area (Å²) < 4.78 is 0. The van der Waals surface area contributed by atoms with E-state index in [1.807, 2.05) is 0 Å². The molecular formula is C10H17N. The van der Waals surface area contributed by atoms with Gasteiger partial charge >= 0.3 is 0 Å². The van der Waals surface area contributed by atoms with Crippen molar-refractivity contribution in [1.82, 2.24) is 0 Å². The van der Waals surface area contributed by atoms with Crippen LogP contribution in [0.4, 0.5) is 0 Å². The van der Waals surface area contributed by atoms with Crippen LogP contribution in [0.25, 0.3) is 0 Å². The Morgan fingerprint density at radius 1 is 1.27 bits per heavy atom. The number of hydrogen-bond donors (Lipinski definition) is 0. The molecule has 62 valence electrons. The van der Waals surface area contributed by atoms with Crippen molar-refractivity contribution >= 4 is 6.72 Å². The minimum atomic E-state index is 1.02. The Bertz CT molecular complexity index is 175.